The number of likely N-dealkylation sites (N-methyl/N-ethyl adjacent to an activating group) is 1. The summed E-state index contributed by atoms with van der Waals surface area (Å²) in [6.45, 7) is 2.25. The summed E-state index contributed by atoms with van der Waals surface area (Å²) in [5.41, 5.74) is 1.67. The van der Waals surface area contributed by atoms with Crippen molar-refractivity contribution in [3.8, 4) is 0 Å². The molecule has 4 heteroatoms. The number of aromatic nitrogens is 1. The highest BCUT2D eigenvalue weighted by Gasteiger charge is 2.51. The second-order valence-corrected chi connectivity index (χ2v) is 8.94. The Hall–Kier alpha value is -1.29. The van der Waals surface area contributed by atoms with E-state index in [2.05, 4.69) is 39.7 Å². The monoisotopic (exact) mass is 326 g/mol. The van der Waals surface area contributed by atoms with Gasteiger partial charge in [0.2, 0.25) is 0 Å². The van der Waals surface area contributed by atoms with E-state index in [-0.39, 0.29) is 0 Å². The molecule has 2 N–H and O–H groups in total. The van der Waals surface area contributed by atoms with E-state index < -0.39 is 0 Å². The van der Waals surface area contributed by atoms with Gasteiger partial charge in [-0.2, -0.15) is 0 Å². The van der Waals surface area contributed by atoms with E-state index in [1.54, 1.807) is 0 Å². The summed E-state index contributed by atoms with van der Waals surface area (Å²) in [7, 11) is 2.07. The fourth-order valence-electron chi connectivity index (χ4n) is 6.45. The van der Waals surface area contributed by atoms with E-state index in [1.165, 1.54) is 50.6 Å². The van der Waals surface area contributed by atoms with Crippen LogP contribution in [0.1, 0.15) is 44.9 Å². The molecule has 0 radical (unpaired) electrons. The number of rotatable bonds is 4. The van der Waals surface area contributed by atoms with Crippen molar-refractivity contribution in [2.24, 2.45) is 17.8 Å². The SMILES string of the molecule is CNC1CCN(c2ccnc(NC34CC5CC(CC(C5)C3)C4)c2)C1. The first-order valence-electron chi connectivity index (χ1n) is 9.88. The molecule has 1 atom stereocenters. The van der Waals surface area contributed by atoms with Crippen LogP contribution in [0.25, 0.3) is 0 Å². The Morgan fingerprint density at radius 3 is 2.46 bits per heavy atom. The lowest BCUT2D eigenvalue weighted by Gasteiger charge is -2.57. The molecule has 0 aromatic carbocycles. The van der Waals surface area contributed by atoms with Crippen LogP contribution in [0.15, 0.2) is 18.3 Å². The van der Waals surface area contributed by atoms with Crippen molar-refractivity contribution < 1.29 is 0 Å². The van der Waals surface area contributed by atoms with Gasteiger partial charge in [0, 0.05) is 42.6 Å². The molecular formula is C20H30N4. The first-order chi connectivity index (χ1) is 11.7. The summed E-state index contributed by atoms with van der Waals surface area (Å²) in [6, 6.07) is 5.08. The minimum absolute atomic E-state index is 0.346. The third-order valence-electron chi connectivity index (χ3n) is 7.14. The maximum atomic E-state index is 4.67. The van der Waals surface area contributed by atoms with Gasteiger partial charge < -0.3 is 15.5 Å². The molecule has 1 saturated heterocycles. The molecule has 4 bridgehead atoms. The molecule has 2 heterocycles. The van der Waals surface area contributed by atoms with Crippen molar-refractivity contribution in [3.05, 3.63) is 18.3 Å². The molecule has 4 saturated carbocycles. The van der Waals surface area contributed by atoms with Crippen LogP contribution in [-0.2, 0) is 0 Å². The summed E-state index contributed by atoms with van der Waals surface area (Å²) in [5, 5.41) is 7.33. The quantitative estimate of drug-likeness (QED) is 0.891. The maximum absolute atomic E-state index is 4.67. The molecule has 1 aliphatic heterocycles. The van der Waals surface area contributed by atoms with Gasteiger partial charge in [0.1, 0.15) is 5.82 Å². The summed E-state index contributed by atoms with van der Waals surface area (Å²) in [4.78, 5) is 7.17. The van der Waals surface area contributed by atoms with E-state index in [4.69, 9.17) is 0 Å². The Labute approximate surface area is 145 Å². The zero-order valence-corrected chi connectivity index (χ0v) is 14.8. The van der Waals surface area contributed by atoms with Crippen molar-refractivity contribution in [3.63, 3.8) is 0 Å². The molecule has 0 spiro atoms. The maximum Gasteiger partial charge on any atom is 0.128 e. The largest absolute Gasteiger partial charge is 0.370 e. The van der Waals surface area contributed by atoms with Crippen molar-refractivity contribution in [2.75, 3.05) is 30.4 Å². The lowest BCUT2D eigenvalue weighted by molar-refractivity contribution is 0.0105. The Morgan fingerprint density at radius 2 is 1.83 bits per heavy atom. The second-order valence-electron chi connectivity index (χ2n) is 8.94. The number of nitrogens with one attached hydrogen (secondary N) is 2. The van der Waals surface area contributed by atoms with Gasteiger partial charge in [-0.1, -0.05) is 0 Å². The topological polar surface area (TPSA) is 40.2 Å². The van der Waals surface area contributed by atoms with Crippen LogP contribution < -0.4 is 15.5 Å². The van der Waals surface area contributed by atoms with E-state index in [1.807, 2.05) is 6.20 Å². The molecule has 0 amide bonds. The summed E-state index contributed by atoms with van der Waals surface area (Å²) in [6.07, 6.45) is 11.8. The van der Waals surface area contributed by atoms with Gasteiger partial charge >= 0.3 is 0 Å². The highest BCUT2D eigenvalue weighted by atomic mass is 15.2. The fraction of sp³-hybridized carbons (Fsp3) is 0.750. The van der Waals surface area contributed by atoms with Crippen LogP contribution in [0, 0.1) is 17.8 Å². The van der Waals surface area contributed by atoms with Crippen LogP contribution >= 0.6 is 0 Å². The van der Waals surface area contributed by atoms with Crippen LogP contribution in [0.3, 0.4) is 0 Å². The summed E-state index contributed by atoms with van der Waals surface area (Å²) in [5.74, 6) is 4.02. The van der Waals surface area contributed by atoms with Crippen molar-refractivity contribution in [2.45, 2.75) is 56.5 Å². The third-order valence-corrected chi connectivity index (χ3v) is 7.14. The molecule has 1 aromatic heterocycles. The van der Waals surface area contributed by atoms with E-state index in [0.29, 0.717) is 11.6 Å². The number of nitrogens with zero attached hydrogens (tertiary/aromatic N) is 2. The van der Waals surface area contributed by atoms with Crippen LogP contribution in [0.4, 0.5) is 11.5 Å². The molecule has 5 fully saturated rings. The van der Waals surface area contributed by atoms with Crippen molar-refractivity contribution >= 4 is 11.5 Å². The molecule has 5 aliphatic rings. The van der Waals surface area contributed by atoms with Crippen molar-refractivity contribution in [1.29, 1.82) is 0 Å². The Morgan fingerprint density at radius 1 is 1.12 bits per heavy atom. The highest BCUT2D eigenvalue weighted by Crippen LogP contribution is 2.56. The van der Waals surface area contributed by atoms with Gasteiger partial charge in [0.15, 0.2) is 0 Å². The van der Waals surface area contributed by atoms with Gasteiger partial charge in [0.25, 0.3) is 0 Å². The molecular weight excluding hydrogens is 296 g/mol. The fourth-order valence-corrected chi connectivity index (χ4v) is 6.45. The van der Waals surface area contributed by atoms with Gasteiger partial charge in [0.05, 0.1) is 0 Å². The first kappa shape index (κ1) is 15.0. The lowest BCUT2D eigenvalue weighted by atomic mass is 9.53. The molecule has 1 aromatic rings. The zero-order chi connectivity index (χ0) is 16.1. The number of hydrogen-bond acceptors (Lipinski definition) is 4. The number of pyridine rings is 1. The molecule has 24 heavy (non-hydrogen) atoms. The number of hydrogen-bond donors (Lipinski definition) is 2. The summed E-state index contributed by atoms with van der Waals surface area (Å²) >= 11 is 0. The zero-order valence-electron chi connectivity index (χ0n) is 14.8. The van der Waals surface area contributed by atoms with Crippen LogP contribution in [-0.4, -0.2) is 36.7 Å². The van der Waals surface area contributed by atoms with Gasteiger partial charge in [-0.15, -0.1) is 0 Å². The van der Waals surface area contributed by atoms with E-state index in [0.717, 1.165) is 36.7 Å². The third kappa shape index (κ3) is 2.59. The standard InChI is InChI=1S/C20H30N4/c1-21-17-3-5-24(13-17)18-2-4-22-19(9-18)23-20-10-14-6-15(11-20)8-16(7-14)12-20/h2,4,9,14-17,21H,3,5-8,10-13H2,1H3,(H,22,23). The van der Waals surface area contributed by atoms with E-state index >= 15 is 0 Å². The molecule has 4 nitrogen and oxygen atoms in total. The predicted molar refractivity (Wildman–Crippen MR) is 98.4 cm³/mol. The Kier molecular flexibility index (Phi) is 3.51. The first-order valence-corrected chi connectivity index (χ1v) is 9.88. The minimum atomic E-state index is 0.346. The molecule has 6 rings (SSSR count). The van der Waals surface area contributed by atoms with E-state index in [9.17, 15) is 0 Å². The van der Waals surface area contributed by atoms with Gasteiger partial charge in [-0.05, 0) is 75.8 Å². The molecule has 1 unspecified atom stereocenters. The average molecular weight is 326 g/mol. The smallest absolute Gasteiger partial charge is 0.128 e. The van der Waals surface area contributed by atoms with Crippen molar-refractivity contribution in [1.82, 2.24) is 10.3 Å². The average Bonchev–Trinajstić information content (AvgIpc) is 3.02. The normalized spacial score (nSPS) is 40.3. The molecule has 130 valence electrons. The number of anilines is 2. The van der Waals surface area contributed by atoms with Gasteiger partial charge in [-0.25, -0.2) is 4.98 Å². The van der Waals surface area contributed by atoms with Gasteiger partial charge in [-0.3, -0.25) is 0 Å². The minimum Gasteiger partial charge on any atom is -0.370 e. The molecule has 4 aliphatic carbocycles. The van der Waals surface area contributed by atoms with Crippen LogP contribution in [0.5, 0.6) is 0 Å². The summed E-state index contributed by atoms with van der Waals surface area (Å²) < 4.78 is 0. The Balaban J connectivity index is 1.34. The lowest BCUT2D eigenvalue weighted by Crippen LogP contribution is -2.54. The second kappa shape index (κ2) is 5.62. The highest BCUT2D eigenvalue weighted by molar-refractivity contribution is 5.55. The van der Waals surface area contributed by atoms with Crippen LogP contribution in [0.2, 0.25) is 0 Å². The Bertz CT molecular complexity index is 578. The predicted octanol–water partition coefficient (Wildman–Crippen LogP) is 3.26.